The third-order valence-corrected chi connectivity index (χ3v) is 5.84. The van der Waals surface area contributed by atoms with Crippen LogP contribution in [0.1, 0.15) is 31.0 Å². The quantitative estimate of drug-likeness (QED) is 0.192. The minimum atomic E-state index is -4.99. The van der Waals surface area contributed by atoms with Gasteiger partial charge in [-0.1, -0.05) is 61.3 Å². The molecule has 3 N–H and O–H groups in total. The average molecular weight is 608 g/mol. The maximum atomic E-state index is 14.5. The van der Waals surface area contributed by atoms with Crippen molar-refractivity contribution in [2.75, 3.05) is 6.54 Å². The molecule has 0 heterocycles. The lowest BCUT2D eigenvalue weighted by atomic mass is 9.94. The molecule has 40 heavy (non-hydrogen) atoms. The van der Waals surface area contributed by atoms with Crippen LogP contribution in [0.15, 0.2) is 54.6 Å². The lowest BCUT2D eigenvalue weighted by molar-refractivity contribution is -0.165. The summed E-state index contributed by atoms with van der Waals surface area (Å²) in [5.74, 6) is -12.4. The fourth-order valence-corrected chi connectivity index (χ4v) is 3.51. The summed E-state index contributed by atoms with van der Waals surface area (Å²) in [5, 5.41) is 6.23. The van der Waals surface area contributed by atoms with E-state index in [1.807, 2.05) is 0 Å². The van der Waals surface area contributed by atoms with Gasteiger partial charge >= 0.3 is 12.1 Å². The standard InChI is InChI=1S/C26H24Cl2F5N3O4/c1-14(2)20(22(38)26(32,33)24(40)34-13-25(29,30)31)36-23(39)21(16-6-10-18(28)11-7-16)35-19(37)12-5-15-3-8-17(27)9-4-15/h3-12,14,20-21H,13H2,1-2H3,(H,34,40)(H,35,37)(H,36,39)/b12-5+. The monoisotopic (exact) mass is 607 g/mol. The van der Waals surface area contributed by atoms with Crippen molar-refractivity contribution in [3.05, 3.63) is 75.8 Å². The highest BCUT2D eigenvalue weighted by Gasteiger charge is 2.52. The van der Waals surface area contributed by atoms with Gasteiger partial charge in [0.05, 0.1) is 6.04 Å². The molecular formula is C26H24Cl2F5N3O4. The van der Waals surface area contributed by atoms with Crippen molar-refractivity contribution in [3.63, 3.8) is 0 Å². The highest BCUT2D eigenvalue weighted by Crippen LogP contribution is 2.23. The van der Waals surface area contributed by atoms with Gasteiger partial charge in [0.2, 0.25) is 17.6 Å². The van der Waals surface area contributed by atoms with Crippen LogP contribution in [0.3, 0.4) is 0 Å². The summed E-state index contributed by atoms with van der Waals surface area (Å²) in [6.07, 6.45) is -2.47. The lowest BCUT2D eigenvalue weighted by Crippen LogP contribution is -2.58. The van der Waals surface area contributed by atoms with Gasteiger partial charge in [-0.05, 0) is 47.4 Å². The molecule has 14 heteroatoms. The predicted octanol–water partition coefficient (Wildman–Crippen LogP) is 4.89. The molecule has 2 aromatic rings. The van der Waals surface area contributed by atoms with Gasteiger partial charge in [-0.2, -0.15) is 22.0 Å². The maximum Gasteiger partial charge on any atom is 0.405 e. The van der Waals surface area contributed by atoms with E-state index in [1.165, 1.54) is 44.2 Å². The molecule has 0 spiro atoms. The van der Waals surface area contributed by atoms with Gasteiger partial charge in [-0.3, -0.25) is 19.2 Å². The van der Waals surface area contributed by atoms with Gasteiger partial charge in [-0.15, -0.1) is 0 Å². The Morgan fingerprint density at radius 1 is 0.850 bits per heavy atom. The SMILES string of the molecule is CC(C)C(NC(=O)C(NC(=O)/C=C/c1ccc(Cl)cc1)c1ccc(Cl)cc1)C(=O)C(F)(F)C(=O)NCC(F)(F)F. The molecule has 0 aromatic heterocycles. The minimum absolute atomic E-state index is 0.166. The molecule has 0 fully saturated rings. The van der Waals surface area contributed by atoms with E-state index < -0.39 is 60.1 Å². The Morgan fingerprint density at radius 2 is 1.38 bits per heavy atom. The largest absolute Gasteiger partial charge is 0.405 e. The van der Waals surface area contributed by atoms with Crippen molar-refractivity contribution in [1.29, 1.82) is 0 Å². The fraction of sp³-hybridized carbons (Fsp3) is 0.308. The summed E-state index contributed by atoms with van der Waals surface area (Å²) in [7, 11) is 0. The number of halogens is 7. The molecule has 0 bridgehead atoms. The Morgan fingerprint density at radius 3 is 1.88 bits per heavy atom. The first-order chi connectivity index (χ1) is 18.5. The van der Waals surface area contributed by atoms with E-state index in [-0.39, 0.29) is 10.6 Å². The molecule has 0 aliphatic carbocycles. The number of alkyl halides is 5. The Kier molecular flexibility index (Phi) is 11.2. The van der Waals surface area contributed by atoms with Gasteiger partial charge in [0.15, 0.2) is 0 Å². The number of carbonyl (C=O) groups excluding carboxylic acids is 4. The number of hydrogen-bond donors (Lipinski definition) is 3. The van der Waals surface area contributed by atoms with Crippen LogP contribution in [-0.4, -0.2) is 48.2 Å². The van der Waals surface area contributed by atoms with Crippen molar-refractivity contribution < 1.29 is 41.1 Å². The molecule has 2 aromatic carbocycles. The zero-order chi connectivity index (χ0) is 30.3. The van der Waals surface area contributed by atoms with Gasteiger partial charge in [0.1, 0.15) is 12.6 Å². The molecule has 0 saturated heterocycles. The van der Waals surface area contributed by atoms with Gasteiger partial charge in [0, 0.05) is 16.1 Å². The second-order valence-electron chi connectivity index (χ2n) is 8.84. The molecule has 2 atom stereocenters. The second kappa shape index (κ2) is 13.7. The van der Waals surface area contributed by atoms with Gasteiger partial charge < -0.3 is 16.0 Å². The molecular weight excluding hydrogens is 584 g/mol. The Hall–Kier alpha value is -3.51. The van der Waals surface area contributed by atoms with Crippen molar-refractivity contribution in [2.24, 2.45) is 5.92 Å². The van der Waals surface area contributed by atoms with E-state index in [1.54, 1.807) is 24.3 Å². The fourth-order valence-electron chi connectivity index (χ4n) is 3.26. The van der Waals surface area contributed by atoms with Crippen molar-refractivity contribution in [1.82, 2.24) is 16.0 Å². The minimum Gasteiger partial charge on any atom is -0.344 e. The van der Waals surface area contributed by atoms with E-state index in [9.17, 15) is 41.1 Å². The van der Waals surface area contributed by atoms with Crippen LogP contribution in [0, 0.1) is 5.92 Å². The Balaban J connectivity index is 2.28. The third-order valence-electron chi connectivity index (χ3n) is 5.34. The lowest BCUT2D eigenvalue weighted by Gasteiger charge is -2.27. The zero-order valence-electron chi connectivity index (χ0n) is 21.0. The van der Waals surface area contributed by atoms with E-state index in [4.69, 9.17) is 23.2 Å². The second-order valence-corrected chi connectivity index (χ2v) is 9.72. The number of Topliss-reactive ketones (excluding diaryl/α,β-unsaturated/α-hetero) is 1. The first kappa shape index (κ1) is 32.7. The van der Waals surface area contributed by atoms with E-state index in [2.05, 4.69) is 10.6 Å². The molecule has 0 aliphatic rings. The average Bonchev–Trinajstić information content (AvgIpc) is 2.88. The number of ketones is 1. The molecule has 7 nitrogen and oxygen atoms in total. The van der Waals surface area contributed by atoms with Crippen molar-refractivity contribution in [2.45, 2.75) is 38.0 Å². The summed E-state index contributed by atoms with van der Waals surface area (Å²) in [5.41, 5.74) is 0.767. The first-order valence-corrected chi connectivity index (χ1v) is 12.3. The molecule has 0 radical (unpaired) electrons. The molecule has 0 aliphatic heterocycles. The third kappa shape index (κ3) is 9.60. The van der Waals surface area contributed by atoms with E-state index in [0.717, 1.165) is 11.4 Å². The summed E-state index contributed by atoms with van der Waals surface area (Å²) < 4.78 is 66.1. The smallest absolute Gasteiger partial charge is 0.344 e. The van der Waals surface area contributed by atoms with Crippen LogP contribution < -0.4 is 16.0 Å². The summed E-state index contributed by atoms with van der Waals surface area (Å²) in [4.78, 5) is 50.1. The topological polar surface area (TPSA) is 104 Å². The molecule has 0 saturated carbocycles. The van der Waals surface area contributed by atoms with Crippen LogP contribution in [-0.2, 0) is 19.2 Å². The molecule has 216 valence electrons. The number of nitrogens with one attached hydrogen (secondary N) is 3. The van der Waals surface area contributed by atoms with Crippen molar-refractivity contribution >= 4 is 52.8 Å². The number of hydrogen-bond acceptors (Lipinski definition) is 4. The van der Waals surface area contributed by atoms with E-state index in [0.29, 0.717) is 10.6 Å². The first-order valence-electron chi connectivity index (χ1n) is 11.6. The maximum absolute atomic E-state index is 14.5. The van der Waals surface area contributed by atoms with Crippen LogP contribution in [0.5, 0.6) is 0 Å². The van der Waals surface area contributed by atoms with Crippen LogP contribution >= 0.6 is 23.2 Å². The van der Waals surface area contributed by atoms with Crippen LogP contribution in [0.4, 0.5) is 22.0 Å². The molecule has 2 rings (SSSR count). The zero-order valence-corrected chi connectivity index (χ0v) is 22.5. The highest BCUT2D eigenvalue weighted by molar-refractivity contribution is 6.30. The van der Waals surface area contributed by atoms with E-state index >= 15 is 0 Å². The highest BCUT2D eigenvalue weighted by atomic mass is 35.5. The van der Waals surface area contributed by atoms with Crippen LogP contribution in [0.2, 0.25) is 10.0 Å². The Labute approximate surface area is 236 Å². The summed E-state index contributed by atoms with van der Waals surface area (Å²) in [6, 6.07) is 8.46. The summed E-state index contributed by atoms with van der Waals surface area (Å²) in [6.45, 7) is 0.468. The summed E-state index contributed by atoms with van der Waals surface area (Å²) >= 11 is 11.7. The Bertz CT molecular complexity index is 1250. The number of benzene rings is 2. The van der Waals surface area contributed by atoms with Gasteiger partial charge in [-0.25, -0.2) is 0 Å². The number of amides is 3. The van der Waals surface area contributed by atoms with Crippen LogP contribution in [0.25, 0.3) is 6.08 Å². The van der Waals surface area contributed by atoms with Crippen molar-refractivity contribution in [3.8, 4) is 0 Å². The molecule has 2 unspecified atom stereocenters. The normalized spacial score (nSPS) is 13.6. The number of rotatable bonds is 11. The molecule has 3 amide bonds. The number of carbonyl (C=O) groups is 4. The van der Waals surface area contributed by atoms with Gasteiger partial charge in [0.25, 0.3) is 5.91 Å². The predicted molar refractivity (Wildman–Crippen MR) is 139 cm³/mol.